The first-order chi connectivity index (χ1) is 28.2. The Morgan fingerprint density at radius 3 is 1.70 bits per heavy atom. The fraction of sp³-hybridized carbons (Fsp3) is 0. The SMILES string of the molecule is c1ccc(-c2nc(-c3ccccc3)nc(-c3ccc4oc5cccc(-c6ccc7c(c6)sc6cccc(-n8c9ccccc9c9ccccc98)c67)c5c4c3)n2)cc1. The third-order valence-corrected chi connectivity index (χ3v) is 12.2. The van der Waals surface area contributed by atoms with E-state index in [9.17, 15) is 0 Å². The van der Waals surface area contributed by atoms with E-state index in [0.29, 0.717) is 17.5 Å². The number of aromatic nitrogens is 4. The van der Waals surface area contributed by atoms with Crippen LogP contribution in [-0.4, -0.2) is 19.5 Å². The van der Waals surface area contributed by atoms with Crippen LogP contribution < -0.4 is 0 Å². The van der Waals surface area contributed by atoms with E-state index in [1.807, 2.05) is 84.1 Å². The molecule has 0 amide bonds. The average Bonchev–Trinajstić information content (AvgIpc) is 3.96. The van der Waals surface area contributed by atoms with Gasteiger partial charge in [-0.1, -0.05) is 127 Å². The highest BCUT2D eigenvalue weighted by Crippen LogP contribution is 2.44. The number of rotatable bonds is 5. The molecule has 0 aliphatic rings. The Kier molecular flexibility index (Phi) is 7.03. The molecule has 266 valence electrons. The van der Waals surface area contributed by atoms with Gasteiger partial charge in [0.05, 0.1) is 16.7 Å². The summed E-state index contributed by atoms with van der Waals surface area (Å²) in [7, 11) is 0. The van der Waals surface area contributed by atoms with Crippen molar-refractivity contribution in [3.05, 3.63) is 182 Å². The molecule has 6 heteroatoms. The molecule has 0 saturated carbocycles. The first kappa shape index (κ1) is 31.9. The molecular formula is C51H30N4OS. The van der Waals surface area contributed by atoms with E-state index in [1.165, 1.54) is 47.7 Å². The molecule has 0 spiro atoms. The van der Waals surface area contributed by atoms with Crippen molar-refractivity contribution in [3.63, 3.8) is 0 Å². The molecule has 4 heterocycles. The number of hydrogen-bond acceptors (Lipinski definition) is 5. The molecule has 57 heavy (non-hydrogen) atoms. The van der Waals surface area contributed by atoms with Crippen molar-refractivity contribution in [1.29, 1.82) is 0 Å². The standard InChI is InChI=1S/C51H30N4OS/c1-3-13-31(14-4-1)49-52-50(32-15-5-2-6-16-32)54-51(53-49)34-26-28-43-39(29-34)47-35(19-11-23-44(47)56-43)33-25-27-38-46(30-33)57-45-24-12-22-42(48(38)45)55-40-20-9-7-17-36(40)37-18-8-10-21-41(37)55/h1-30H. The van der Waals surface area contributed by atoms with Gasteiger partial charge >= 0.3 is 0 Å². The highest BCUT2D eigenvalue weighted by molar-refractivity contribution is 7.26. The molecule has 0 N–H and O–H groups in total. The van der Waals surface area contributed by atoms with Crippen molar-refractivity contribution in [3.8, 4) is 51.0 Å². The summed E-state index contributed by atoms with van der Waals surface area (Å²) in [5, 5.41) is 7.14. The van der Waals surface area contributed by atoms with Gasteiger partial charge < -0.3 is 8.98 Å². The van der Waals surface area contributed by atoms with Gasteiger partial charge in [-0.25, -0.2) is 15.0 Å². The monoisotopic (exact) mass is 746 g/mol. The van der Waals surface area contributed by atoms with E-state index in [-0.39, 0.29) is 0 Å². The average molecular weight is 747 g/mol. The smallest absolute Gasteiger partial charge is 0.164 e. The van der Waals surface area contributed by atoms with Crippen molar-refractivity contribution in [2.24, 2.45) is 0 Å². The zero-order chi connectivity index (χ0) is 37.5. The summed E-state index contributed by atoms with van der Waals surface area (Å²) in [4.78, 5) is 14.9. The van der Waals surface area contributed by atoms with E-state index >= 15 is 0 Å². The van der Waals surface area contributed by atoms with Gasteiger partial charge in [-0.05, 0) is 65.7 Å². The molecule has 4 aromatic heterocycles. The third-order valence-electron chi connectivity index (χ3n) is 11.1. The summed E-state index contributed by atoms with van der Waals surface area (Å²) in [5.74, 6) is 1.88. The van der Waals surface area contributed by atoms with Gasteiger partial charge in [0.1, 0.15) is 11.2 Å². The maximum Gasteiger partial charge on any atom is 0.164 e. The number of benzene rings is 8. The van der Waals surface area contributed by atoms with Crippen LogP contribution in [0.15, 0.2) is 186 Å². The second kappa shape index (κ2) is 12.6. The molecular weight excluding hydrogens is 717 g/mol. The molecule has 12 aromatic rings. The Balaban J connectivity index is 1.02. The fourth-order valence-corrected chi connectivity index (χ4v) is 9.65. The lowest BCUT2D eigenvalue weighted by atomic mass is 9.97. The molecule has 8 aromatic carbocycles. The first-order valence-corrected chi connectivity index (χ1v) is 19.8. The lowest BCUT2D eigenvalue weighted by Gasteiger charge is -2.10. The zero-order valence-electron chi connectivity index (χ0n) is 30.4. The lowest BCUT2D eigenvalue weighted by Crippen LogP contribution is -2.00. The maximum atomic E-state index is 6.50. The summed E-state index contributed by atoms with van der Waals surface area (Å²) >= 11 is 1.84. The summed E-state index contributed by atoms with van der Waals surface area (Å²) < 4.78 is 11.4. The highest BCUT2D eigenvalue weighted by Gasteiger charge is 2.20. The van der Waals surface area contributed by atoms with E-state index in [0.717, 1.165) is 49.8 Å². The number of furan rings is 1. The second-order valence-corrected chi connectivity index (χ2v) is 15.4. The van der Waals surface area contributed by atoms with Gasteiger partial charge in [-0.2, -0.15) is 0 Å². The van der Waals surface area contributed by atoms with Crippen LogP contribution >= 0.6 is 11.3 Å². The lowest BCUT2D eigenvalue weighted by molar-refractivity contribution is 0.669. The van der Waals surface area contributed by atoms with Gasteiger partial charge in [0.15, 0.2) is 17.5 Å². The third kappa shape index (κ3) is 5.04. The van der Waals surface area contributed by atoms with E-state index in [4.69, 9.17) is 19.4 Å². The molecule has 0 saturated heterocycles. The van der Waals surface area contributed by atoms with Gasteiger partial charge in [0, 0.05) is 58.4 Å². The Morgan fingerprint density at radius 1 is 0.386 bits per heavy atom. The molecule has 0 radical (unpaired) electrons. The van der Waals surface area contributed by atoms with Crippen molar-refractivity contribution >= 4 is 75.3 Å². The van der Waals surface area contributed by atoms with Crippen LogP contribution in [0.5, 0.6) is 0 Å². The Bertz CT molecular complexity index is 3420. The molecule has 5 nitrogen and oxygen atoms in total. The van der Waals surface area contributed by atoms with Crippen LogP contribution in [0.2, 0.25) is 0 Å². The van der Waals surface area contributed by atoms with Crippen molar-refractivity contribution in [2.75, 3.05) is 0 Å². The number of fused-ring (bicyclic) bond motifs is 9. The quantitative estimate of drug-likeness (QED) is 0.176. The number of thiophene rings is 1. The summed E-state index contributed by atoms with van der Waals surface area (Å²) in [5.41, 5.74) is 10.3. The van der Waals surface area contributed by atoms with E-state index in [1.54, 1.807) is 0 Å². The highest BCUT2D eigenvalue weighted by atomic mass is 32.1. The number of para-hydroxylation sites is 2. The molecule has 0 unspecified atom stereocenters. The Morgan fingerprint density at radius 2 is 1.00 bits per heavy atom. The molecule has 12 rings (SSSR count). The predicted octanol–water partition coefficient (Wildman–Crippen LogP) is 13.9. The maximum absolute atomic E-state index is 6.50. The minimum absolute atomic E-state index is 0.613. The Labute approximate surface area is 330 Å². The van der Waals surface area contributed by atoms with Crippen LogP contribution in [0.4, 0.5) is 0 Å². The van der Waals surface area contributed by atoms with Crippen molar-refractivity contribution in [1.82, 2.24) is 19.5 Å². The van der Waals surface area contributed by atoms with E-state index in [2.05, 4.69) is 114 Å². The molecule has 0 bridgehead atoms. The summed E-state index contributed by atoms with van der Waals surface area (Å²) in [6, 6.07) is 63.8. The van der Waals surface area contributed by atoms with Crippen LogP contribution in [-0.2, 0) is 0 Å². The largest absolute Gasteiger partial charge is 0.456 e. The van der Waals surface area contributed by atoms with E-state index < -0.39 is 0 Å². The van der Waals surface area contributed by atoms with Crippen LogP contribution in [0.1, 0.15) is 0 Å². The van der Waals surface area contributed by atoms with Gasteiger partial charge in [0.2, 0.25) is 0 Å². The topological polar surface area (TPSA) is 56.7 Å². The summed E-state index contributed by atoms with van der Waals surface area (Å²) in [6.07, 6.45) is 0. The molecule has 0 aliphatic heterocycles. The van der Waals surface area contributed by atoms with Crippen molar-refractivity contribution in [2.45, 2.75) is 0 Å². The van der Waals surface area contributed by atoms with Crippen molar-refractivity contribution < 1.29 is 4.42 Å². The van der Waals surface area contributed by atoms with Crippen LogP contribution in [0.25, 0.3) is 115 Å². The predicted molar refractivity (Wildman–Crippen MR) is 236 cm³/mol. The van der Waals surface area contributed by atoms with Gasteiger partial charge in [0.25, 0.3) is 0 Å². The van der Waals surface area contributed by atoms with Crippen LogP contribution in [0, 0.1) is 0 Å². The second-order valence-electron chi connectivity index (χ2n) is 14.4. The minimum Gasteiger partial charge on any atom is -0.456 e. The minimum atomic E-state index is 0.613. The Hall–Kier alpha value is -7.41. The van der Waals surface area contributed by atoms with Gasteiger partial charge in [-0.3, -0.25) is 0 Å². The summed E-state index contributed by atoms with van der Waals surface area (Å²) in [6.45, 7) is 0. The molecule has 0 atom stereocenters. The fourth-order valence-electron chi connectivity index (χ4n) is 8.49. The molecule has 0 aliphatic carbocycles. The molecule has 0 fully saturated rings. The first-order valence-electron chi connectivity index (χ1n) is 19.0. The number of hydrogen-bond donors (Lipinski definition) is 0. The normalized spacial score (nSPS) is 11.9. The zero-order valence-corrected chi connectivity index (χ0v) is 31.2. The van der Waals surface area contributed by atoms with Crippen LogP contribution in [0.3, 0.4) is 0 Å². The number of nitrogens with zero attached hydrogens (tertiary/aromatic N) is 4. The van der Waals surface area contributed by atoms with Gasteiger partial charge in [-0.15, -0.1) is 11.3 Å².